The van der Waals surface area contributed by atoms with Crippen LogP contribution in [0.25, 0.3) is 0 Å². The van der Waals surface area contributed by atoms with E-state index in [1.807, 2.05) is 43.3 Å². The monoisotopic (exact) mass is 234 g/mol. The maximum absolute atomic E-state index is 5.72. The van der Waals surface area contributed by atoms with Crippen LogP contribution < -0.4 is 10.6 Å². The third-order valence-corrected chi connectivity index (χ3v) is 3.24. The second kappa shape index (κ2) is 4.49. The summed E-state index contributed by atoms with van der Waals surface area (Å²) >= 11 is 1.60. The average Bonchev–Trinajstić information content (AvgIpc) is 2.66. The molecule has 0 aliphatic carbocycles. The van der Waals surface area contributed by atoms with Crippen molar-refractivity contribution in [1.29, 1.82) is 0 Å². The predicted octanol–water partition coefficient (Wildman–Crippen LogP) is 1.78. The molecule has 4 nitrogen and oxygen atoms in total. The number of nitrogen functional groups attached to an aromatic ring is 1. The average molecular weight is 234 g/mol. The van der Waals surface area contributed by atoms with Crippen LogP contribution in [0.5, 0.6) is 0 Å². The van der Waals surface area contributed by atoms with E-state index in [-0.39, 0.29) is 0 Å². The zero-order valence-electron chi connectivity index (χ0n) is 9.34. The van der Waals surface area contributed by atoms with E-state index in [0.717, 1.165) is 22.2 Å². The second-order valence-corrected chi connectivity index (χ2v) is 4.84. The first kappa shape index (κ1) is 10.9. The van der Waals surface area contributed by atoms with Gasteiger partial charge in [0.05, 0.1) is 0 Å². The maximum Gasteiger partial charge on any atom is 0.207 e. The Kier molecular flexibility index (Phi) is 3.05. The van der Waals surface area contributed by atoms with Gasteiger partial charge in [0.25, 0.3) is 0 Å². The molecule has 0 radical (unpaired) electrons. The molecule has 5 heteroatoms. The Labute approximate surface area is 98.7 Å². The van der Waals surface area contributed by atoms with E-state index >= 15 is 0 Å². The molecular formula is C11H14N4S. The van der Waals surface area contributed by atoms with Crippen molar-refractivity contribution in [3.8, 4) is 0 Å². The van der Waals surface area contributed by atoms with Crippen molar-refractivity contribution in [1.82, 2.24) is 10.2 Å². The summed E-state index contributed by atoms with van der Waals surface area (Å²) < 4.78 is 0. The van der Waals surface area contributed by atoms with Crippen LogP contribution in [0.3, 0.4) is 0 Å². The molecule has 2 N–H and O–H groups in total. The van der Waals surface area contributed by atoms with Crippen molar-refractivity contribution in [3.63, 3.8) is 0 Å². The highest BCUT2D eigenvalue weighted by Gasteiger charge is 2.06. The molecule has 0 aliphatic rings. The van der Waals surface area contributed by atoms with Crippen LogP contribution in [0.2, 0.25) is 0 Å². The van der Waals surface area contributed by atoms with Gasteiger partial charge in [-0.15, -0.1) is 10.2 Å². The molecule has 0 saturated carbocycles. The Hall–Kier alpha value is -1.62. The third-order valence-electron chi connectivity index (χ3n) is 2.15. The molecule has 0 unspecified atom stereocenters. The molecular weight excluding hydrogens is 220 g/mol. The van der Waals surface area contributed by atoms with Gasteiger partial charge in [-0.3, -0.25) is 0 Å². The lowest BCUT2D eigenvalue weighted by atomic mass is 10.1. The molecule has 2 aromatic rings. The molecule has 1 aromatic carbocycles. The van der Waals surface area contributed by atoms with Gasteiger partial charge in [0, 0.05) is 26.2 Å². The van der Waals surface area contributed by atoms with Crippen LogP contribution in [0.1, 0.15) is 10.6 Å². The number of hydrogen-bond donors (Lipinski definition) is 1. The highest BCUT2D eigenvalue weighted by atomic mass is 32.1. The van der Waals surface area contributed by atoms with Crippen LogP contribution in [0, 0.1) is 0 Å². The number of rotatable bonds is 3. The van der Waals surface area contributed by atoms with Crippen molar-refractivity contribution < 1.29 is 0 Å². The summed E-state index contributed by atoms with van der Waals surface area (Å²) in [4.78, 5) is 1.96. The minimum atomic E-state index is 0.787. The normalized spacial score (nSPS) is 10.4. The number of aromatic nitrogens is 2. The highest BCUT2D eigenvalue weighted by Crippen LogP contribution is 2.20. The topological polar surface area (TPSA) is 55.0 Å². The molecule has 0 saturated heterocycles. The van der Waals surface area contributed by atoms with Gasteiger partial charge in [-0.05, 0) is 17.7 Å². The van der Waals surface area contributed by atoms with Crippen LogP contribution in [-0.4, -0.2) is 24.3 Å². The van der Waals surface area contributed by atoms with E-state index in [9.17, 15) is 0 Å². The highest BCUT2D eigenvalue weighted by molar-refractivity contribution is 7.15. The maximum atomic E-state index is 5.72. The first-order valence-electron chi connectivity index (χ1n) is 4.99. The molecule has 1 heterocycles. The van der Waals surface area contributed by atoms with Crippen LogP contribution in [-0.2, 0) is 6.42 Å². The first-order valence-corrected chi connectivity index (χ1v) is 5.81. The Morgan fingerprint density at radius 2 is 2.12 bits per heavy atom. The summed E-state index contributed by atoms with van der Waals surface area (Å²) in [5, 5.41) is 10.2. The van der Waals surface area contributed by atoms with E-state index in [0.29, 0.717) is 0 Å². The third kappa shape index (κ3) is 2.49. The number of anilines is 2. The summed E-state index contributed by atoms with van der Waals surface area (Å²) in [6.07, 6.45) is 0.788. The van der Waals surface area contributed by atoms with E-state index in [2.05, 4.69) is 10.2 Å². The lowest BCUT2D eigenvalue weighted by molar-refractivity contribution is 0.972. The van der Waals surface area contributed by atoms with E-state index in [1.54, 1.807) is 11.3 Å². The van der Waals surface area contributed by atoms with E-state index < -0.39 is 0 Å². The molecule has 0 aliphatic heterocycles. The number of nitrogens with two attached hydrogens (primary N) is 1. The number of benzene rings is 1. The quantitative estimate of drug-likeness (QED) is 0.822. The summed E-state index contributed by atoms with van der Waals surface area (Å²) in [6, 6.07) is 7.86. The van der Waals surface area contributed by atoms with Gasteiger partial charge in [0.15, 0.2) is 0 Å². The molecule has 1 aromatic heterocycles. The van der Waals surface area contributed by atoms with E-state index in [1.165, 1.54) is 5.56 Å². The Bertz CT molecular complexity index is 478. The van der Waals surface area contributed by atoms with Crippen molar-refractivity contribution in [2.75, 3.05) is 24.7 Å². The smallest absolute Gasteiger partial charge is 0.207 e. The lowest BCUT2D eigenvalue weighted by Crippen LogP contribution is -2.07. The Morgan fingerprint density at radius 3 is 2.75 bits per heavy atom. The standard InChI is InChI=1S/C11H14N4S/c1-15(2)11-14-13-10(16-11)7-8-4-3-5-9(12)6-8/h3-6H,7,12H2,1-2H3. The minimum Gasteiger partial charge on any atom is -0.399 e. The second-order valence-electron chi connectivity index (χ2n) is 3.79. The van der Waals surface area contributed by atoms with Crippen molar-refractivity contribution in [3.05, 3.63) is 34.8 Å². The zero-order valence-corrected chi connectivity index (χ0v) is 10.2. The fourth-order valence-electron chi connectivity index (χ4n) is 1.37. The number of nitrogens with zero attached hydrogens (tertiary/aromatic N) is 3. The summed E-state index contributed by atoms with van der Waals surface area (Å²) in [5.41, 5.74) is 7.68. The lowest BCUT2D eigenvalue weighted by Gasteiger charge is -2.03. The molecule has 0 bridgehead atoms. The first-order chi connectivity index (χ1) is 7.65. The molecule has 0 fully saturated rings. The molecule has 0 amide bonds. The van der Waals surface area contributed by atoms with Gasteiger partial charge in [0.2, 0.25) is 5.13 Å². The largest absolute Gasteiger partial charge is 0.399 e. The molecule has 2 rings (SSSR count). The van der Waals surface area contributed by atoms with Gasteiger partial charge in [0.1, 0.15) is 5.01 Å². The SMILES string of the molecule is CN(C)c1nnc(Cc2cccc(N)c2)s1. The predicted molar refractivity (Wildman–Crippen MR) is 67.9 cm³/mol. The number of hydrogen-bond acceptors (Lipinski definition) is 5. The molecule has 16 heavy (non-hydrogen) atoms. The van der Waals surface area contributed by atoms with Crippen LogP contribution in [0.15, 0.2) is 24.3 Å². The summed E-state index contributed by atoms with van der Waals surface area (Å²) in [7, 11) is 3.93. The molecule has 0 atom stereocenters. The van der Waals surface area contributed by atoms with Gasteiger partial charge in [-0.2, -0.15) is 0 Å². The molecule has 0 spiro atoms. The fourth-order valence-corrected chi connectivity index (χ4v) is 2.17. The Balaban J connectivity index is 2.14. The summed E-state index contributed by atoms with van der Waals surface area (Å²) in [5.74, 6) is 0. The zero-order chi connectivity index (χ0) is 11.5. The Morgan fingerprint density at radius 1 is 1.31 bits per heavy atom. The van der Waals surface area contributed by atoms with E-state index in [4.69, 9.17) is 5.73 Å². The van der Waals surface area contributed by atoms with Gasteiger partial charge in [-0.1, -0.05) is 23.5 Å². The van der Waals surface area contributed by atoms with Crippen LogP contribution in [0.4, 0.5) is 10.8 Å². The van der Waals surface area contributed by atoms with Crippen LogP contribution >= 0.6 is 11.3 Å². The van der Waals surface area contributed by atoms with Gasteiger partial charge in [-0.25, -0.2) is 0 Å². The fraction of sp³-hybridized carbons (Fsp3) is 0.273. The summed E-state index contributed by atoms with van der Waals surface area (Å²) in [6.45, 7) is 0. The molecule has 84 valence electrons. The minimum absolute atomic E-state index is 0.787. The van der Waals surface area contributed by atoms with Crippen molar-refractivity contribution >= 4 is 22.2 Å². The van der Waals surface area contributed by atoms with Gasteiger partial charge >= 0.3 is 0 Å². The van der Waals surface area contributed by atoms with Gasteiger partial charge < -0.3 is 10.6 Å². The van der Waals surface area contributed by atoms with Crippen molar-refractivity contribution in [2.45, 2.75) is 6.42 Å². The van der Waals surface area contributed by atoms with Crippen molar-refractivity contribution in [2.24, 2.45) is 0 Å².